The SMILES string of the molecule is C[C@H](N)[C@@H]1CCCCN1C(=O)[C@@H]1C[C@@H]1c1cccc(Cl)c1. The Morgan fingerprint density at radius 2 is 2.24 bits per heavy atom. The first-order valence-electron chi connectivity index (χ1n) is 7.89. The highest BCUT2D eigenvalue weighted by molar-refractivity contribution is 6.30. The van der Waals surface area contributed by atoms with Crippen LogP contribution in [0.15, 0.2) is 24.3 Å². The van der Waals surface area contributed by atoms with Gasteiger partial charge in [-0.2, -0.15) is 0 Å². The molecule has 0 unspecified atom stereocenters. The zero-order chi connectivity index (χ0) is 15.0. The summed E-state index contributed by atoms with van der Waals surface area (Å²) in [5.74, 6) is 0.761. The molecule has 0 bridgehead atoms. The minimum absolute atomic E-state index is 0.0534. The van der Waals surface area contributed by atoms with Crippen LogP contribution in [0.2, 0.25) is 5.02 Å². The lowest BCUT2D eigenvalue weighted by molar-refractivity contribution is -0.136. The summed E-state index contributed by atoms with van der Waals surface area (Å²) in [6, 6.07) is 8.16. The second kappa shape index (κ2) is 5.98. The van der Waals surface area contributed by atoms with Gasteiger partial charge in [-0.1, -0.05) is 23.7 Å². The molecular weight excluding hydrogens is 284 g/mol. The second-order valence-corrected chi connectivity index (χ2v) is 6.89. The quantitative estimate of drug-likeness (QED) is 0.932. The van der Waals surface area contributed by atoms with Crippen LogP contribution < -0.4 is 5.73 Å². The topological polar surface area (TPSA) is 46.3 Å². The van der Waals surface area contributed by atoms with Gasteiger partial charge in [-0.15, -0.1) is 0 Å². The van der Waals surface area contributed by atoms with Gasteiger partial charge in [0.25, 0.3) is 0 Å². The summed E-state index contributed by atoms with van der Waals surface area (Å²) in [5.41, 5.74) is 7.26. The molecule has 1 saturated carbocycles. The van der Waals surface area contributed by atoms with Gasteiger partial charge in [0, 0.05) is 29.6 Å². The summed E-state index contributed by atoms with van der Waals surface area (Å²) < 4.78 is 0. The lowest BCUT2D eigenvalue weighted by Gasteiger charge is -2.38. The average Bonchev–Trinajstić information content (AvgIpc) is 3.27. The van der Waals surface area contributed by atoms with Crippen molar-refractivity contribution in [3.05, 3.63) is 34.9 Å². The first kappa shape index (κ1) is 14.9. The van der Waals surface area contributed by atoms with Crippen LogP contribution in [0.1, 0.15) is 44.1 Å². The summed E-state index contributed by atoms with van der Waals surface area (Å²) in [4.78, 5) is 14.8. The van der Waals surface area contributed by atoms with Crippen molar-refractivity contribution in [1.82, 2.24) is 4.90 Å². The average molecular weight is 307 g/mol. The number of halogens is 1. The molecule has 3 nitrogen and oxygen atoms in total. The molecule has 1 aliphatic carbocycles. The summed E-state index contributed by atoms with van der Waals surface area (Å²) in [6.45, 7) is 2.88. The van der Waals surface area contributed by atoms with E-state index in [1.165, 1.54) is 12.0 Å². The van der Waals surface area contributed by atoms with Gasteiger partial charge < -0.3 is 10.6 Å². The Labute approximate surface area is 131 Å². The Morgan fingerprint density at radius 1 is 1.43 bits per heavy atom. The van der Waals surface area contributed by atoms with E-state index >= 15 is 0 Å². The maximum absolute atomic E-state index is 12.8. The molecule has 0 radical (unpaired) electrons. The van der Waals surface area contributed by atoms with Gasteiger partial charge in [0.1, 0.15) is 0 Å². The van der Waals surface area contributed by atoms with Crippen LogP contribution in [0.3, 0.4) is 0 Å². The van der Waals surface area contributed by atoms with Crippen molar-refractivity contribution in [2.24, 2.45) is 11.7 Å². The molecule has 4 atom stereocenters. The fourth-order valence-electron chi connectivity index (χ4n) is 3.56. The molecule has 2 aliphatic rings. The molecule has 0 spiro atoms. The Kier molecular flexibility index (Phi) is 4.23. The summed E-state index contributed by atoms with van der Waals surface area (Å²) in [5, 5.41) is 0.747. The van der Waals surface area contributed by atoms with Crippen molar-refractivity contribution in [2.45, 2.75) is 50.6 Å². The fourth-order valence-corrected chi connectivity index (χ4v) is 3.76. The van der Waals surface area contributed by atoms with E-state index in [2.05, 4.69) is 6.07 Å². The van der Waals surface area contributed by atoms with Gasteiger partial charge in [0.2, 0.25) is 5.91 Å². The predicted octanol–water partition coefficient (Wildman–Crippen LogP) is 3.17. The van der Waals surface area contributed by atoms with Crippen molar-refractivity contribution in [3.8, 4) is 0 Å². The summed E-state index contributed by atoms with van der Waals surface area (Å²) in [6.07, 6.45) is 4.27. The highest BCUT2D eigenvalue weighted by atomic mass is 35.5. The molecule has 2 fully saturated rings. The molecule has 114 valence electrons. The third-order valence-electron chi connectivity index (χ3n) is 4.82. The number of nitrogens with two attached hydrogens (primary N) is 1. The lowest BCUT2D eigenvalue weighted by Crippen LogP contribution is -2.52. The molecule has 1 saturated heterocycles. The number of benzene rings is 1. The molecule has 1 heterocycles. The number of likely N-dealkylation sites (tertiary alicyclic amines) is 1. The number of nitrogens with zero attached hydrogens (tertiary/aromatic N) is 1. The normalized spacial score (nSPS) is 30.0. The monoisotopic (exact) mass is 306 g/mol. The lowest BCUT2D eigenvalue weighted by atomic mass is 9.96. The highest BCUT2D eigenvalue weighted by Gasteiger charge is 2.47. The maximum Gasteiger partial charge on any atom is 0.226 e. The highest BCUT2D eigenvalue weighted by Crippen LogP contribution is 2.49. The van der Waals surface area contributed by atoms with E-state index < -0.39 is 0 Å². The molecule has 1 aliphatic heterocycles. The Balaban J connectivity index is 1.69. The third kappa shape index (κ3) is 3.09. The first-order valence-corrected chi connectivity index (χ1v) is 8.27. The van der Waals surface area contributed by atoms with Crippen LogP contribution >= 0.6 is 11.6 Å². The molecule has 21 heavy (non-hydrogen) atoms. The molecule has 3 rings (SSSR count). The van der Waals surface area contributed by atoms with E-state index in [1.54, 1.807) is 0 Å². The number of hydrogen-bond donors (Lipinski definition) is 1. The molecule has 2 N–H and O–H groups in total. The van der Waals surface area contributed by atoms with E-state index in [4.69, 9.17) is 17.3 Å². The van der Waals surface area contributed by atoms with Crippen LogP contribution in [0, 0.1) is 5.92 Å². The van der Waals surface area contributed by atoms with Gasteiger partial charge in [0.05, 0.1) is 0 Å². The number of rotatable bonds is 3. The van der Waals surface area contributed by atoms with E-state index in [0.717, 1.165) is 30.8 Å². The van der Waals surface area contributed by atoms with Gasteiger partial charge in [-0.05, 0) is 56.2 Å². The van der Waals surface area contributed by atoms with Crippen LogP contribution in [0.4, 0.5) is 0 Å². The Morgan fingerprint density at radius 3 is 2.95 bits per heavy atom. The minimum Gasteiger partial charge on any atom is -0.338 e. The van der Waals surface area contributed by atoms with Gasteiger partial charge in [0.15, 0.2) is 0 Å². The second-order valence-electron chi connectivity index (χ2n) is 6.46. The van der Waals surface area contributed by atoms with E-state index in [1.807, 2.05) is 30.0 Å². The largest absolute Gasteiger partial charge is 0.338 e. The number of hydrogen-bond acceptors (Lipinski definition) is 2. The minimum atomic E-state index is 0.0534. The van der Waals surface area contributed by atoms with Crippen molar-refractivity contribution in [1.29, 1.82) is 0 Å². The molecule has 0 aromatic heterocycles. The van der Waals surface area contributed by atoms with Crippen molar-refractivity contribution < 1.29 is 4.79 Å². The molecule has 1 aromatic rings. The standard InChI is InChI=1S/C17H23ClN2O/c1-11(19)16-7-2-3-8-20(16)17(21)15-10-14(15)12-5-4-6-13(18)9-12/h4-6,9,11,14-16H,2-3,7-8,10,19H2,1H3/t11-,14+,15+,16-/m0/s1. The van der Waals surface area contributed by atoms with Crippen LogP contribution in [0.5, 0.6) is 0 Å². The smallest absolute Gasteiger partial charge is 0.226 e. The summed E-state index contributed by atoms with van der Waals surface area (Å²) >= 11 is 6.05. The zero-order valence-electron chi connectivity index (χ0n) is 12.5. The van der Waals surface area contributed by atoms with Gasteiger partial charge in [-0.25, -0.2) is 0 Å². The predicted molar refractivity (Wildman–Crippen MR) is 85.3 cm³/mol. The number of carbonyl (C=O) groups excluding carboxylic acids is 1. The van der Waals surface area contributed by atoms with E-state index in [9.17, 15) is 4.79 Å². The van der Waals surface area contributed by atoms with Crippen molar-refractivity contribution in [2.75, 3.05) is 6.54 Å². The van der Waals surface area contributed by atoms with Crippen LogP contribution in [-0.4, -0.2) is 29.4 Å². The zero-order valence-corrected chi connectivity index (χ0v) is 13.2. The van der Waals surface area contributed by atoms with E-state index in [0.29, 0.717) is 11.8 Å². The molecular formula is C17H23ClN2O. The third-order valence-corrected chi connectivity index (χ3v) is 5.06. The van der Waals surface area contributed by atoms with Crippen LogP contribution in [0.25, 0.3) is 0 Å². The fraction of sp³-hybridized carbons (Fsp3) is 0.588. The maximum atomic E-state index is 12.8. The van der Waals surface area contributed by atoms with Gasteiger partial charge in [-0.3, -0.25) is 4.79 Å². The first-order chi connectivity index (χ1) is 10.1. The van der Waals surface area contributed by atoms with E-state index in [-0.39, 0.29) is 18.0 Å². The number of piperidine rings is 1. The molecule has 1 aromatic carbocycles. The molecule has 4 heteroatoms. The van der Waals surface area contributed by atoms with Crippen molar-refractivity contribution in [3.63, 3.8) is 0 Å². The number of amides is 1. The Bertz CT molecular complexity index is 531. The van der Waals surface area contributed by atoms with Crippen LogP contribution in [-0.2, 0) is 4.79 Å². The number of carbonyl (C=O) groups is 1. The Hall–Kier alpha value is -1.06. The molecule has 1 amide bonds. The van der Waals surface area contributed by atoms with Gasteiger partial charge >= 0.3 is 0 Å². The summed E-state index contributed by atoms with van der Waals surface area (Å²) in [7, 11) is 0. The van der Waals surface area contributed by atoms with Crippen molar-refractivity contribution >= 4 is 17.5 Å².